The van der Waals surface area contributed by atoms with Crippen molar-refractivity contribution in [2.24, 2.45) is 0 Å². The van der Waals surface area contributed by atoms with E-state index in [1.807, 2.05) is 6.92 Å². The molecule has 1 aliphatic rings. The minimum Gasteiger partial charge on any atom is -0.465 e. The van der Waals surface area contributed by atoms with Crippen LogP contribution in [0.25, 0.3) is 0 Å². The lowest BCUT2D eigenvalue weighted by molar-refractivity contribution is -0.138. The zero-order valence-corrected chi connectivity index (χ0v) is 18.8. The first-order chi connectivity index (χ1) is 14.5. The smallest absolute Gasteiger partial charge is 0.416 e. The maximum atomic E-state index is 13.7. The molecule has 0 aliphatic carbocycles. The second-order valence-corrected chi connectivity index (χ2v) is 8.50. The Morgan fingerprint density at radius 2 is 1.77 bits per heavy atom. The van der Waals surface area contributed by atoms with E-state index >= 15 is 0 Å². The molecule has 2 aromatic rings. The Hall–Kier alpha value is -2.34. The van der Waals surface area contributed by atoms with Gasteiger partial charge in [0, 0.05) is 47.5 Å². The molecule has 166 valence electrons. The Morgan fingerprint density at radius 3 is 2.35 bits per heavy atom. The standard InChI is InChI=1S/C21H21F3IN3O3/c1-13-2-3-14(10-18(13)25)19(29)26-16-5-4-15(17(11-16)21(22,23)24)12-27-6-8-28(9-7-27)20(30)31/h2-5,10-11H,6-9,12H2,1H3,(H,26,29)(H,30,31). The van der Waals surface area contributed by atoms with Gasteiger partial charge in [0.15, 0.2) is 0 Å². The van der Waals surface area contributed by atoms with Gasteiger partial charge in [-0.2, -0.15) is 13.2 Å². The van der Waals surface area contributed by atoms with E-state index in [-0.39, 0.29) is 30.9 Å². The Labute approximate surface area is 191 Å². The topological polar surface area (TPSA) is 72.9 Å². The third-order valence-electron chi connectivity index (χ3n) is 5.14. The molecule has 0 saturated carbocycles. The number of alkyl halides is 3. The fraction of sp³-hybridized carbons (Fsp3) is 0.333. The van der Waals surface area contributed by atoms with Crippen LogP contribution in [0, 0.1) is 10.5 Å². The summed E-state index contributed by atoms with van der Waals surface area (Å²) in [6.07, 6.45) is -5.61. The van der Waals surface area contributed by atoms with Crippen LogP contribution in [0.5, 0.6) is 0 Å². The fourth-order valence-corrected chi connectivity index (χ4v) is 3.85. The third-order valence-corrected chi connectivity index (χ3v) is 6.31. The SMILES string of the molecule is Cc1ccc(C(=O)Nc2ccc(CN3CCN(C(=O)O)CC3)c(C(F)(F)F)c2)cc1I. The first-order valence-electron chi connectivity index (χ1n) is 9.52. The highest BCUT2D eigenvalue weighted by molar-refractivity contribution is 14.1. The van der Waals surface area contributed by atoms with Crippen LogP contribution in [0.15, 0.2) is 36.4 Å². The van der Waals surface area contributed by atoms with Gasteiger partial charge in [-0.25, -0.2) is 4.79 Å². The molecule has 1 heterocycles. The first kappa shape index (κ1) is 23.3. The minimum atomic E-state index is -4.59. The van der Waals surface area contributed by atoms with Gasteiger partial charge in [-0.15, -0.1) is 0 Å². The van der Waals surface area contributed by atoms with E-state index < -0.39 is 23.7 Å². The number of piperazine rings is 1. The lowest BCUT2D eigenvalue weighted by Crippen LogP contribution is -2.47. The number of benzene rings is 2. The first-order valence-corrected chi connectivity index (χ1v) is 10.6. The summed E-state index contributed by atoms with van der Waals surface area (Å²) in [7, 11) is 0. The highest BCUT2D eigenvalue weighted by atomic mass is 127. The van der Waals surface area contributed by atoms with E-state index in [4.69, 9.17) is 5.11 Å². The Kier molecular flexibility index (Phi) is 7.10. The van der Waals surface area contributed by atoms with Crippen molar-refractivity contribution in [3.8, 4) is 0 Å². The van der Waals surface area contributed by atoms with Crippen LogP contribution in [0.4, 0.5) is 23.7 Å². The number of halogens is 4. The Morgan fingerprint density at radius 1 is 1.10 bits per heavy atom. The van der Waals surface area contributed by atoms with E-state index in [2.05, 4.69) is 27.9 Å². The highest BCUT2D eigenvalue weighted by Gasteiger charge is 2.34. The van der Waals surface area contributed by atoms with Gasteiger partial charge in [-0.1, -0.05) is 12.1 Å². The molecule has 1 fully saturated rings. The normalized spacial score (nSPS) is 15.1. The monoisotopic (exact) mass is 547 g/mol. The van der Waals surface area contributed by atoms with Crippen molar-refractivity contribution in [3.63, 3.8) is 0 Å². The number of nitrogens with one attached hydrogen (secondary N) is 1. The molecule has 0 radical (unpaired) electrons. The van der Waals surface area contributed by atoms with Gasteiger partial charge in [0.1, 0.15) is 0 Å². The molecule has 31 heavy (non-hydrogen) atoms. The van der Waals surface area contributed by atoms with Crippen molar-refractivity contribution >= 4 is 40.3 Å². The van der Waals surface area contributed by atoms with Crippen molar-refractivity contribution < 1.29 is 27.9 Å². The molecule has 6 nitrogen and oxygen atoms in total. The van der Waals surface area contributed by atoms with Crippen molar-refractivity contribution in [2.75, 3.05) is 31.5 Å². The summed E-state index contributed by atoms with van der Waals surface area (Å²) in [5, 5.41) is 11.5. The van der Waals surface area contributed by atoms with Crippen LogP contribution in [-0.2, 0) is 12.7 Å². The lowest BCUT2D eigenvalue weighted by Gasteiger charge is -2.33. The lowest BCUT2D eigenvalue weighted by atomic mass is 10.0. The van der Waals surface area contributed by atoms with Crippen LogP contribution < -0.4 is 5.32 Å². The molecule has 0 aromatic heterocycles. The van der Waals surface area contributed by atoms with Crippen LogP contribution in [-0.4, -0.2) is 53.1 Å². The van der Waals surface area contributed by atoms with Crippen molar-refractivity contribution in [2.45, 2.75) is 19.6 Å². The molecule has 2 N–H and O–H groups in total. The van der Waals surface area contributed by atoms with Crippen molar-refractivity contribution in [1.82, 2.24) is 9.80 Å². The van der Waals surface area contributed by atoms with Gasteiger partial charge in [0.25, 0.3) is 5.91 Å². The van der Waals surface area contributed by atoms with E-state index in [1.165, 1.54) is 17.0 Å². The number of carbonyl (C=O) groups excluding carboxylic acids is 1. The molecule has 1 aliphatic heterocycles. The Balaban J connectivity index is 1.76. The number of hydrogen-bond acceptors (Lipinski definition) is 3. The van der Waals surface area contributed by atoms with Crippen molar-refractivity contribution in [3.05, 3.63) is 62.2 Å². The molecule has 0 atom stereocenters. The molecular weight excluding hydrogens is 526 g/mol. The Bertz CT molecular complexity index is 990. The second-order valence-electron chi connectivity index (χ2n) is 7.33. The summed E-state index contributed by atoms with van der Waals surface area (Å²) in [4.78, 5) is 26.5. The van der Waals surface area contributed by atoms with E-state index in [1.54, 1.807) is 23.1 Å². The average molecular weight is 547 g/mol. The van der Waals surface area contributed by atoms with Gasteiger partial charge in [0.2, 0.25) is 0 Å². The molecule has 3 rings (SSSR count). The van der Waals surface area contributed by atoms with Gasteiger partial charge in [-0.05, 0) is 64.9 Å². The summed E-state index contributed by atoms with van der Waals surface area (Å²) in [6, 6.07) is 8.85. The summed E-state index contributed by atoms with van der Waals surface area (Å²) >= 11 is 2.10. The summed E-state index contributed by atoms with van der Waals surface area (Å²) in [5.41, 5.74) is 0.699. The van der Waals surface area contributed by atoms with E-state index in [9.17, 15) is 22.8 Å². The van der Waals surface area contributed by atoms with Crippen LogP contribution in [0.2, 0.25) is 0 Å². The highest BCUT2D eigenvalue weighted by Crippen LogP contribution is 2.34. The largest absolute Gasteiger partial charge is 0.465 e. The van der Waals surface area contributed by atoms with Crippen LogP contribution >= 0.6 is 22.6 Å². The zero-order valence-electron chi connectivity index (χ0n) is 16.7. The fourth-order valence-electron chi connectivity index (χ4n) is 3.33. The third kappa shape index (κ3) is 5.88. The molecule has 0 bridgehead atoms. The number of amides is 2. The molecule has 0 spiro atoms. The van der Waals surface area contributed by atoms with Gasteiger partial charge >= 0.3 is 12.3 Å². The van der Waals surface area contributed by atoms with Crippen LogP contribution in [0.3, 0.4) is 0 Å². The van der Waals surface area contributed by atoms with Crippen LogP contribution in [0.1, 0.15) is 27.0 Å². The van der Waals surface area contributed by atoms with E-state index in [0.717, 1.165) is 15.2 Å². The average Bonchev–Trinajstić information content (AvgIpc) is 2.70. The predicted molar refractivity (Wildman–Crippen MR) is 118 cm³/mol. The molecule has 1 saturated heterocycles. The zero-order chi connectivity index (χ0) is 22.8. The van der Waals surface area contributed by atoms with Crippen molar-refractivity contribution in [1.29, 1.82) is 0 Å². The number of rotatable bonds is 4. The molecule has 0 unspecified atom stereocenters. The number of hydrogen-bond donors (Lipinski definition) is 2. The summed E-state index contributed by atoms with van der Waals surface area (Å²) < 4.78 is 42.0. The number of carbonyl (C=O) groups is 2. The van der Waals surface area contributed by atoms with Gasteiger partial charge in [0.05, 0.1) is 5.56 Å². The van der Waals surface area contributed by atoms with Gasteiger partial charge < -0.3 is 15.3 Å². The molecule has 2 amide bonds. The quantitative estimate of drug-likeness (QED) is 0.547. The van der Waals surface area contributed by atoms with Gasteiger partial charge in [-0.3, -0.25) is 9.69 Å². The molecule has 10 heteroatoms. The summed E-state index contributed by atoms with van der Waals surface area (Å²) in [5.74, 6) is -0.483. The maximum Gasteiger partial charge on any atom is 0.416 e. The summed E-state index contributed by atoms with van der Waals surface area (Å²) in [6.45, 7) is 3.16. The number of carboxylic acid groups (broad SMARTS) is 1. The second kappa shape index (κ2) is 9.43. The minimum absolute atomic E-state index is 0.0483. The van der Waals surface area contributed by atoms with E-state index in [0.29, 0.717) is 18.7 Å². The predicted octanol–water partition coefficient (Wildman–Crippen LogP) is 4.67. The molecular formula is C21H21F3IN3O3. The number of nitrogens with zero attached hydrogens (tertiary/aromatic N) is 2. The number of aryl methyl sites for hydroxylation is 1. The molecule has 2 aromatic carbocycles. The maximum absolute atomic E-state index is 13.7. The number of anilines is 1.